The summed E-state index contributed by atoms with van der Waals surface area (Å²) in [6, 6.07) is 6.12. The van der Waals surface area contributed by atoms with Crippen molar-refractivity contribution in [2.24, 2.45) is 0 Å². The summed E-state index contributed by atoms with van der Waals surface area (Å²) in [6.45, 7) is 1.08. The second-order valence-corrected chi connectivity index (χ2v) is 3.75. The summed E-state index contributed by atoms with van der Waals surface area (Å²) >= 11 is 0. The van der Waals surface area contributed by atoms with Gasteiger partial charge in [-0.1, -0.05) is 6.07 Å². The van der Waals surface area contributed by atoms with Crippen molar-refractivity contribution < 1.29 is 9.47 Å². The molecule has 0 aliphatic heterocycles. The summed E-state index contributed by atoms with van der Waals surface area (Å²) < 4.78 is 10.5. The number of hydrogen-bond donors (Lipinski definition) is 1. The maximum absolute atomic E-state index is 5.27. The Bertz CT molecular complexity index is 313. The van der Waals surface area contributed by atoms with E-state index in [0.717, 1.165) is 24.5 Å². The van der Waals surface area contributed by atoms with Crippen molar-refractivity contribution in [3.8, 4) is 11.5 Å². The van der Waals surface area contributed by atoms with Gasteiger partial charge < -0.3 is 14.8 Å². The average molecular weight is 223 g/mol. The van der Waals surface area contributed by atoms with Crippen LogP contribution in [0.15, 0.2) is 18.2 Å². The number of benzene rings is 1. The minimum absolute atomic E-state index is 0.793. The fraction of sp³-hybridized carbons (Fsp3) is 0.538. The molecule has 1 rings (SSSR count). The molecule has 0 amide bonds. The Balaban J connectivity index is 2.54. The van der Waals surface area contributed by atoms with Crippen LogP contribution in [-0.4, -0.2) is 27.8 Å². The highest BCUT2D eigenvalue weighted by Crippen LogP contribution is 2.27. The summed E-state index contributed by atoms with van der Waals surface area (Å²) in [5, 5.41) is 3.15. The van der Waals surface area contributed by atoms with E-state index >= 15 is 0 Å². The predicted molar refractivity (Wildman–Crippen MR) is 66.4 cm³/mol. The molecule has 0 aliphatic rings. The molecule has 3 nitrogen and oxygen atoms in total. The third-order valence-corrected chi connectivity index (χ3v) is 2.59. The summed E-state index contributed by atoms with van der Waals surface area (Å²) in [6.07, 6.45) is 3.48. The normalized spacial score (nSPS) is 10.2. The van der Waals surface area contributed by atoms with Crippen LogP contribution in [0.1, 0.15) is 18.4 Å². The molecular weight excluding hydrogens is 202 g/mol. The van der Waals surface area contributed by atoms with Gasteiger partial charge in [0.05, 0.1) is 14.2 Å². The third kappa shape index (κ3) is 3.74. The standard InChI is InChI=1S/C13H21NO2/c1-14-9-5-4-6-11-7-8-12(15-2)13(10-11)16-3/h7-8,10,14H,4-6,9H2,1-3H3. The lowest BCUT2D eigenvalue weighted by Gasteiger charge is -2.09. The fourth-order valence-corrected chi connectivity index (χ4v) is 1.67. The van der Waals surface area contributed by atoms with Crippen LogP contribution in [0.4, 0.5) is 0 Å². The van der Waals surface area contributed by atoms with Gasteiger partial charge in [0.25, 0.3) is 0 Å². The zero-order valence-electron chi connectivity index (χ0n) is 10.4. The molecule has 0 saturated carbocycles. The molecule has 1 aromatic carbocycles. The summed E-state index contributed by atoms with van der Waals surface area (Å²) in [5.74, 6) is 1.61. The molecule has 0 bridgehead atoms. The van der Waals surface area contributed by atoms with Crippen LogP contribution in [0.5, 0.6) is 11.5 Å². The molecule has 0 spiro atoms. The first-order valence-electron chi connectivity index (χ1n) is 5.67. The molecule has 3 heteroatoms. The molecule has 0 saturated heterocycles. The number of nitrogens with one attached hydrogen (secondary N) is 1. The van der Waals surface area contributed by atoms with Crippen molar-refractivity contribution in [3.63, 3.8) is 0 Å². The third-order valence-electron chi connectivity index (χ3n) is 2.59. The Morgan fingerprint density at radius 3 is 2.44 bits per heavy atom. The van der Waals surface area contributed by atoms with Crippen LogP contribution in [0.25, 0.3) is 0 Å². The molecule has 0 heterocycles. The molecule has 0 unspecified atom stereocenters. The van der Waals surface area contributed by atoms with Crippen molar-refractivity contribution in [2.75, 3.05) is 27.8 Å². The van der Waals surface area contributed by atoms with E-state index in [1.165, 1.54) is 18.4 Å². The Labute approximate surface area is 97.8 Å². The van der Waals surface area contributed by atoms with Gasteiger partial charge in [0.15, 0.2) is 11.5 Å². The highest BCUT2D eigenvalue weighted by atomic mass is 16.5. The second kappa shape index (κ2) is 7.12. The number of unbranched alkanes of at least 4 members (excludes halogenated alkanes) is 1. The van der Waals surface area contributed by atoms with E-state index < -0.39 is 0 Å². The van der Waals surface area contributed by atoms with Gasteiger partial charge in [-0.3, -0.25) is 0 Å². The van der Waals surface area contributed by atoms with Crippen LogP contribution in [0.3, 0.4) is 0 Å². The fourth-order valence-electron chi connectivity index (χ4n) is 1.67. The van der Waals surface area contributed by atoms with E-state index in [1.807, 2.05) is 13.1 Å². The number of ether oxygens (including phenoxy) is 2. The monoisotopic (exact) mass is 223 g/mol. The molecule has 0 fully saturated rings. The first-order chi connectivity index (χ1) is 7.81. The molecular formula is C13H21NO2. The molecule has 1 aromatic rings. The van der Waals surface area contributed by atoms with Crippen LogP contribution >= 0.6 is 0 Å². The summed E-state index contributed by atoms with van der Waals surface area (Å²) in [7, 11) is 5.31. The zero-order valence-corrected chi connectivity index (χ0v) is 10.4. The first kappa shape index (κ1) is 12.8. The Morgan fingerprint density at radius 1 is 1.06 bits per heavy atom. The number of aryl methyl sites for hydroxylation is 1. The van der Waals surface area contributed by atoms with E-state index in [4.69, 9.17) is 9.47 Å². The topological polar surface area (TPSA) is 30.5 Å². The first-order valence-corrected chi connectivity index (χ1v) is 5.67. The van der Waals surface area contributed by atoms with E-state index in [1.54, 1.807) is 14.2 Å². The van der Waals surface area contributed by atoms with E-state index in [0.29, 0.717) is 0 Å². The van der Waals surface area contributed by atoms with Gasteiger partial charge in [-0.25, -0.2) is 0 Å². The van der Waals surface area contributed by atoms with Gasteiger partial charge in [0.1, 0.15) is 0 Å². The Morgan fingerprint density at radius 2 is 1.81 bits per heavy atom. The van der Waals surface area contributed by atoms with Crippen molar-refractivity contribution in [3.05, 3.63) is 23.8 Å². The van der Waals surface area contributed by atoms with Gasteiger partial charge in [-0.05, 0) is 50.6 Å². The number of methoxy groups -OCH3 is 2. The predicted octanol–water partition coefficient (Wildman–Crippen LogP) is 2.25. The molecule has 1 N–H and O–H groups in total. The Hall–Kier alpha value is -1.22. The SMILES string of the molecule is CNCCCCc1ccc(OC)c(OC)c1. The van der Waals surface area contributed by atoms with Crippen LogP contribution in [0, 0.1) is 0 Å². The molecule has 0 aromatic heterocycles. The van der Waals surface area contributed by atoms with Crippen LogP contribution in [-0.2, 0) is 6.42 Å². The smallest absolute Gasteiger partial charge is 0.160 e. The van der Waals surface area contributed by atoms with Gasteiger partial charge in [-0.2, -0.15) is 0 Å². The quantitative estimate of drug-likeness (QED) is 0.719. The highest BCUT2D eigenvalue weighted by Gasteiger charge is 2.03. The van der Waals surface area contributed by atoms with Crippen LogP contribution < -0.4 is 14.8 Å². The molecule has 90 valence electrons. The maximum atomic E-state index is 5.27. The Kier molecular flexibility index (Phi) is 5.72. The van der Waals surface area contributed by atoms with Gasteiger partial charge in [0.2, 0.25) is 0 Å². The summed E-state index contributed by atoms with van der Waals surface area (Å²) in [4.78, 5) is 0. The molecule has 0 radical (unpaired) electrons. The van der Waals surface area contributed by atoms with Gasteiger partial charge in [0, 0.05) is 0 Å². The van der Waals surface area contributed by atoms with E-state index in [-0.39, 0.29) is 0 Å². The summed E-state index contributed by atoms with van der Waals surface area (Å²) in [5.41, 5.74) is 1.30. The number of rotatable bonds is 7. The van der Waals surface area contributed by atoms with Crippen molar-refractivity contribution in [2.45, 2.75) is 19.3 Å². The zero-order chi connectivity index (χ0) is 11.8. The molecule has 16 heavy (non-hydrogen) atoms. The van der Waals surface area contributed by atoms with Crippen molar-refractivity contribution >= 4 is 0 Å². The van der Waals surface area contributed by atoms with Gasteiger partial charge >= 0.3 is 0 Å². The second-order valence-electron chi connectivity index (χ2n) is 3.75. The minimum atomic E-state index is 0.793. The van der Waals surface area contributed by atoms with Crippen LogP contribution in [0.2, 0.25) is 0 Å². The van der Waals surface area contributed by atoms with Crippen molar-refractivity contribution in [1.82, 2.24) is 5.32 Å². The number of hydrogen-bond acceptors (Lipinski definition) is 3. The van der Waals surface area contributed by atoms with E-state index in [9.17, 15) is 0 Å². The average Bonchev–Trinajstić information content (AvgIpc) is 2.34. The minimum Gasteiger partial charge on any atom is -0.493 e. The largest absolute Gasteiger partial charge is 0.493 e. The van der Waals surface area contributed by atoms with Crippen molar-refractivity contribution in [1.29, 1.82) is 0 Å². The maximum Gasteiger partial charge on any atom is 0.160 e. The highest BCUT2D eigenvalue weighted by molar-refractivity contribution is 5.42. The van der Waals surface area contributed by atoms with E-state index in [2.05, 4.69) is 17.4 Å². The lowest BCUT2D eigenvalue weighted by atomic mass is 10.1. The lowest BCUT2D eigenvalue weighted by Crippen LogP contribution is -2.07. The van der Waals surface area contributed by atoms with Gasteiger partial charge in [-0.15, -0.1) is 0 Å². The lowest BCUT2D eigenvalue weighted by molar-refractivity contribution is 0.354. The molecule has 0 aliphatic carbocycles. The molecule has 0 atom stereocenters.